The summed E-state index contributed by atoms with van der Waals surface area (Å²) < 4.78 is 0. The van der Waals surface area contributed by atoms with Crippen molar-refractivity contribution in [3.05, 3.63) is 109 Å². The fourth-order valence-corrected chi connectivity index (χ4v) is 2.78. The van der Waals surface area contributed by atoms with Crippen LogP contribution in [0.4, 0.5) is 0 Å². The van der Waals surface area contributed by atoms with Gasteiger partial charge in [0.25, 0.3) is 0 Å². The standard InChI is InChI=1S/C13H14.C13H20.C2H4/c1-4-6-11(3)13-9-7-12(5-2)8-10-13;1-4-6-7-13-9-8-12(5-2)10-11(13)3;1-2/h4-10H,1-2H2,3H3;8-10H,4-7H2,1-3H3;1-2H2/b11-6+;;. The third-order valence-corrected chi connectivity index (χ3v) is 4.58. The molecule has 0 N–H and O–H groups in total. The Labute approximate surface area is 174 Å². The number of aryl methyl sites for hydroxylation is 3. The summed E-state index contributed by atoms with van der Waals surface area (Å²) in [5, 5.41) is 0. The van der Waals surface area contributed by atoms with Crippen LogP contribution in [0.3, 0.4) is 0 Å². The minimum atomic E-state index is 1.15. The smallest absolute Gasteiger partial charge is 0.0227 e. The molecule has 2 aromatic carbocycles. The van der Waals surface area contributed by atoms with Gasteiger partial charge in [-0.25, -0.2) is 0 Å². The summed E-state index contributed by atoms with van der Waals surface area (Å²) in [6, 6.07) is 15.2. The lowest BCUT2D eigenvalue weighted by Crippen LogP contribution is -1.91. The Balaban J connectivity index is 0.000000478. The lowest BCUT2D eigenvalue weighted by Gasteiger charge is -2.06. The SMILES string of the molecule is C=C.C=C/C=C(\C)c1ccc(C=C)cc1.CCCCc1ccc(CC)cc1C. The van der Waals surface area contributed by atoms with Gasteiger partial charge in [-0.2, -0.15) is 0 Å². The van der Waals surface area contributed by atoms with Crippen molar-refractivity contribution in [1.29, 1.82) is 0 Å². The Morgan fingerprint density at radius 2 is 1.61 bits per heavy atom. The zero-order chi connectivity index (χ0) is 21.4. The molecule has 0 atom stereocenters. The molecule has 0 spiro atoms. The summed E-state index contributed by atoms with van der Waals surface area (Å²) >= 11 is 0. The van der Waals surface area contributed by atoms with Crippen molar-refractivity contribution < 1.29 is 0 Å². The van der Waals surface area contributed by atoms with Gasteiger partial charge < -0.3 is 0 Å². The topological polar surface area (TPSA) is 0 Å². The molecule has 0 bridgehead atoms. The molecule has 0 saturated heterocycles. The van der Waals surface area contributed by atoms with E-state index in [1.54, 1.807) is 6.08 Å². The molecule has 0 aliphatic rings. The van der Waals surface area contributed by atoms with E-state index in [0.29, 0.717) is 0 Å². The Bertz CT molecular complexity index is 729. The van der Waals surface area contributed by atoms with Crippen molar-refractivity contribution in [2.75, 3.05) is 0 Å². The van der Waals surface area contributed by atoms with Crippen LogP contribution in [0.1, 0.15) is 61.4 Å². The second-order valence-electron chi connectivity index (χ2n) is 6.63. The van der Waals surface area contributed by atoms with Gasteiger partial charge in [0, 0.05) is 0 Å². The predicted octanol–water partition coefficient (Wildman–Crippen LogP) is 8.62. The Hall–Kier alpha value is -2.60. The maximum Gasteiger partial charge on any atom is -0.0227 e. The van der Waals surface area contributed by atoms with Gasteiger partial charge in [0.1, 0.15) is 0 Å². The minimum Gasteiger partial charge on any atom is -0.106 e. The first-order valence-corrected chi connectivity index (χ1v) is 10.2. The second kappa shape index (κ2) is 15.5. The molecular formula is C28H38. The van der Waals surface area contributed by atoms with Crippen molar-refractivity contribution in [2.24, 2.45) is 0 Å². The summed E-state index contributed by atoms with van der Waals surface area (Å²) in [5.41, 5.74) is 8.05. The number of unbranched alkanes of at least 4 members (excludes halogenated alkanes) is 1. The highest BCUT2D eigenvalue weighted by Crippen LogP contribution is 2.15. The van der Waals surface area contributed by atoms with Gasteiger partial charge >= 0.3 is 0 Å². The summed E-state index contributed by atoms with van der Waals surface area (Å²) in [6.07, 6.45) is 10.6. The van der Waals surface area contributed by atoms with Crippen LogP contribution in [0.5, 0.6) is 0 Å². The van der Waals surface area contributed by atoms with Crippen molar-refractivity contribution in [2.45, 2.75) is 53.4 Å². The normalized spacial score (nSPS) is 10.1. The molecule has 0 heteroatoms. The molecule has 2 rings (SSSR count). The number of benzene rings is 2. The first-order valence-electron chi connectivity index (χ1n) is 10.2. The molecule has 28 heavy (non-hydrogen) atoms. The zero-order valence-electron chi connectivity index (χ0n) is 18.4. The van der Waals surface area contributed by atoms with Crippen LogP contribution in [-0.4, -0.2) is 0 Å². The van der Waals surface area contributed by atoms with E-state index >= 15 is 0 Å². The number of rotatable bonds is 7. The van der Waals surface area contributed by atoms with Crippen LogP contribution in [0.15, 0.2) is 80.9 Å². The lowest BCUT2D eigenvalue weighted by atomic mass is 10.00. The van der Waals surface area contributed by atoms with E-state index in [9.17, 15) is 0 Å². The Morgan fingerprint density at radius 3 is 2.07 bits per heavy atom. The number of hydrogen-bond donors (Lipinski definition) is 0. The Kier molecular flexibility index (Phi) is 14.0. The fraction of sp³-hybridized carbons (Fsp3) is 0.286. The maximum atomic E-state index is 3.71. The fourth-order valence-electron chi connectivity index (χ4n) is 2.78. The lowest BCUT2D eigenvalue weighted by molar-refractivity contribution is 0.790. The molecule has 0 saturated carbocycles. The monoisotopic (exact) mass is 374 g/mol. The molecule has 0 aliphatic carbocycles. The Morgan fingerprint density at radius 1 is 0.964 bits per heavy atom. The van der Waals surface area contributed by atoms with Gasteiger partial charge in [-0.15, -0.1) is 13.2 Å². The quantitative estimate of drug-likeness (QED) is 0.336. The molecular weight excluding hydrogens is 336 g/mol. The molecule has 0 aliphatic heterocycles. The summed E-state index contributed by atoms with van der Waals surface area (Å²) in [7, 11) is 0. The highest BCUT2D eigenvalue weighted by molar-refractivity contribution is 5.66. The first kappa shape index (κ1) is 25.4. The molecule has 2 aromatic rings. The van der Waals surface area contributed by atoms with E-state index in [1.165, 1.54) is 47.1 Å². The molecule has 0 fully saturated rings. The first-order chi connectivity index (χ1) is 13.5. The van der Waals surface area contributed by atoms with Gasteiger partial charge in [0.15, 0.2) is 0 Å². The molecule has 0 unspecified atom stereocenters. The minimum absolute atomic E-state index is 1.15. The summed E-state index contributed by atoms with van der Waals surface area (Å²) in [5.74, 6) is 0. The molecule has 150 valence electrons. The van der Waals surface area contributed by atoms with E-state index in [4.69, 9.17) is 0 Å². The van der Waals surface area contributed by atoms with Crippen LogP contribution in [0, 0.1) is 6.92 Å². The number of allylic oxidation sites excluding steroid dienone is 3. The van der Waals surface area contributed by atoms with Gasteiger partial charge in [0.05, 0.1) is 0 Å². The van der Waals surface area contributed by atoms with E-state index < -0.39 is 0 Å². The third kappa shape index (κ3) is 9.37. The van der Waals surface area contributed by atoms with Gasteiger partial charge in [-0.1, -0.05) is 94.1 Å². The van der Waals surface area contributed by atoms with Crippen molar-refractivity contribution >= 4 is 11.6 Å². The highest BCUT2D eigenvalue weighted by Gasteiger charge is 1.98. The second-order valence-corrected chi connectivity index (χ2v) is 6.63. The molecule has 0 heterocycles. The molecule has 0 nitrogen and oxygen atoms in total. The highest BCUT2D eigenvalue weighted by atomic mass is 14.0. The maximum absolute atomic E-state index is 3.71. The van der Waals surface area contributed by atoms with E-state index in [-0.39, 0.29) is 0 Å². The van der Waals surface area contributed by atoms with Gasteiger partial charge in [-0.05, 0) is 66.5 Å². The number of hydrogen-bond acceptors (Lipinski definition) is 0. The molecule has 0 radical (unpaired) electrons. The van der Waals surface area contributed by atoms with Crippen LogP contribution in [0.2, 0.25) is 0 Å². The van der Waals surface area contributed by atoms with Crippen LogP contribution in [-0.2, 0) is 12.8 Å². The van der Waals surface area contributed by atoms with E-state index in [1.807, 2.05) is 12.2 Å². The van der Waals surface area contributed by atoms with Crippen LogP contribution < -0.4 is 0 Å². The summed E-state index contributed by atoms with van der Waals surface area (Å²) in [6.45, 7) is 22.1. The van der Waals surface area contributed by atoms with Crippen LogP contribution in [0.25, 0.3) is 11.6 Å². The van der Waals surface area contributed by atoms with E-state index in [2.05, 4.69) is 96.5 Å². The largest absolute Gasteiger partial charge is 0.106 e. The molecule has 0 aromatic heterocycles. The van der Waals surface area contributed by atoms with Crippen molar-refractivity contribution in [1.82, 2.24) is 0 Å². The van der Waals surface area contributed by atoms with Gasteiger partial charge in [-0.3, -0.25) is 0 Å². The van der Waals surface area contributed by atoms with E-state index in [0.717, 1.165) is 12.0 Å². The van der Waals surface area contributed by atoms with Gasteiger partial charge in [0.2, 0.25) is 0 Å². The average Bonchev–Trinajstić information content (AvgIpc) is 2.75. The molecule has 0 amide bonds. The zero-order valence-corrected chi connectivity index (χ0v) is 18.4. The van der Waals surface area contributed by atoms with Crippen molar-refractivity contribution in [3.63, 3.8) is 0 Å². The predicted molar refractivity (Wildman–Crippen MR) is 131 cm³/mol. The average molecular weight is 375 g/mol. The van der Waals surface area contributed by atoms with Crippen molar-refractivity contribution in [3.8, 4) is 0 Å². The van der Waals surface area contributed by atoms with Crippen LogP contribution >= 0.6 is 0 Å². The summed E-state index contributed by atoms with van der Waals surface area (Å²) in [4.78, 5) is 0. The third-order valence-electron chi connectivity index (χ3n) is 4.58.